The van der Waals surface area contributed by atoms with E-state index in [1.54, 1.807) is 32.1 Å². The van der Waals surface area contributed by atoms with E-state index in [2.05, 4.69) is 15.3 Å². The number of rotatable bonds is 5. The minimum atomic E-state index is 0.655. The first-order valence-electron chi connectivity index (χ1n) is 3.99. The molecule has 13 heavy (non-hydrogen) atoms. The molecule has 4 nitrogen and oxygen atoms in total. The molecule has 1 aromatic rings. The monoisotopic (exact) mass is 199 g/mol. The zero-order chi connectivity index (χ0) is 9.52. The van der Waals surface area contributed by atoms with E-state index in [9.17, 15) is 0 Å². The minimum absolute atomic E-state index is 0.655. The number of hydrogen-bond acceptors (Lipinski definition) is 5. The average molecular weight is 199 g/mol. The van der Waals surface area contributed by atoms with Gasteiger partial charge in [-0.15, -0.1) is 11.8 Å². The Bertz CT molecular complexity index is 257. The standard InChI is InChI=1S/C8H13N3OS/c1-9-8-10-4-3-7(11-8)13-6-5-12-2/h3-4H,5-6H2,1-2H3,(H,9,10,11). The van der Waals surface area contributed by atoms with Crippen LogP contribution in [0.25, 0.3) is 0 Å². The number of methoxy groups -OCH3 is 1. The molecule has 0 bridgehead atoms. The van der Waals surface area contributed by atoms with Gasteiger partial charge in [-0.3, -0.25) is 0 Å². The number of ether oxygens (including phenoxy) is 1. The van der Waals surface area contributed by atoms with Crippen LogP contribution in [-0.2, 0) is 4.74 Å². The molecule has 0 radical (unpaired) electrons. The predicted octanol–water partition coefficient (Wildman–Crippen LogP) is 1.26. The van der Waals surface area contributed by atoms with Gasteiger partial charge in [-0.25, -0.2) is 9.97 Å². The van der Waals surface area contributed by atoms with Crippen molar-refractivity contribution in [1.29, 1.82) is 0 Å². The van der Waals surface area contributed by atoms with Crippen molar-refractivity contribution < 1.29 is 4.74 Å². The van der Waals surface area contributed by atoms with Gasteiger partial charge in [-0.1, -0.05) is 0 Å². The molecule has 1 rings (SSSR count). The fourth-order valence-corrected chi connectivity index (χ4v) is 1.54. The number of hydrogen-bond donors (Lipinski definition) is 1. The lowest BCUT2D eigenvalue weighted by Gasteiger charge is -2.01. The van der Waals surface area contributed by atoms with Crippen molar-refractivity contribution in [3.63, 3.8) is 0 Å². The Hall–Kier alpha value is -0.810. The first-order valence-corrected chi connectivity index (χ1v) is 4.98. The van der Waals surface area contributed by atoms with Crippen LogP contribution in [-0.4, -0.2) is 36.5 Å². The SMILES string of the molecule is CNc1nccc(SCCOC)n1. The van der Waals surface area contributed by atoms with Gasteiger partial charge in [0, 0.05) is 26.1 Å². The molecule has 0 amide bonds. The molecule has 0 fully saturated rings. The first kappa shape index (κ1) is 10.3. The largest absolute Gasteiger partial charge is 0.384 e. The Balaban J connectivity index is 2.46. The molecule has 1 aromatic heterocycles. The van der Waals surface area contributed by atoms with Crippen molar-refractivity contribution in [1.82, 2.24) is 9.97 Å². The van der Waals surface area contributed by atoms with Crippen molar-refractivity contribution in [2.75, 3.05) is 31.8 Å². The molecule has 72 valence electrons. The van der Waals surface area contributed by atoms with Gasteiger partial charge in [0.15, 0.2) is 0 Å². The van der Waals surface area contributed by atoms with E-state index in [1.165, 1.54) is 0 Å². The van der Waals surface area contributed by atoms with Crippen LogP contribution in [0.2, 0.25) is 0 Å². The highest BCUT2D eigenvalue weighted by atomic mass is 32.2. The van der Waals surface area contributed by atoms with Gasteiger partial charge in [0.2, 0.25) is 5.95 Å². The third kappa shape index (κ3) is 3.61. The Morgan fingerprint density at radius 1 is 1.62 bits per heavy atom. The summed E-state index contributed by atoms with van der Waals surface area (Å²) in [7, 11) is 3.50. The summed E-state index contributed by atoms with van der Waals surface area (Å²) in [5.41, 5.74) is 0. The van der Waals surface area contributed by atoms with Crippen molar-refractivity contribution in [3.8, 4) is 0 Å². The van der Waals surface area contributed by atoms with Crippen LogP contribution in [0.4, 0.5) is 5.95 Å². The van der Waals surface area contributed by atoms with Gasteiger partial charge in [0.1, 0.15) is 5.03 Å². The van der Waals surface area contributed by atoms with E-state index in [-0.39, 0.29) is 0 Å². The lowest BCUT2D eigenvalue weighted by molar-refractivity contribution is 0.218. The van der Waals surface area contributed by atoms with Crippen molar-refractivity contribution in [2.45, 2.75) is 5.03 Å². The lowest BCUT2D eigenvalue weighted by atomic mass is 10.7. The molecule has 0 saturated carbocycles. The summed E-state index contributed by atoms with van der Waals surface area (Å²) in [6, 6.07) is 1.89. The highest BCUT2D eigenvalue weighted by Gasteiger charge is 1.97. The Morgan fingerprint density at radius 3 is 3.15 bits per heavy atom. The summed E-state index contributed by atoms with van der Waals surface area (Å²) >= 11 is 1.66. The van der Waals surface area contributed by atoms with E-state index in [1.807, 2.05) is 6.07 Å². The Morgan fingerprint density at radius 2 is 2.46 bits per heavy atom. The van der Waals surface area contributed by atoms with Gasteiger partial charge in [-0.2, -0.15) is 0 Å². The van der Waals surface area contributed by atoms with Crippen LogP contribution < -0.4 is 5.32 Å². The van der Waals surface area contributed by atoms with Gasteiger partial charge in [-0.05, 0) is 6.07 Å². The maximum absolute atomic E-state index is 4.94. The van der Waals surface area contributed by atoms with E-state index >= 15 is 0 Å². The smallest absolute Gasteiger partial charge is 0.223 e. The molecule has 0 saturated heterocycles. The number of aromatic nitrogens is 2. The second-order valence-corrected chi connectivity index (χ2v) is 3.42. The molecule has 0 aliphatic rings. The number of anilines is 1. The molecule has 0 aliphatic heterocycles. The molecule has 0 atom stereocenters. The third-order valence-corrected chi connectivity index (χ3v) is 2.28. The van der Waals surface area contributed by atoms with Crippen molar-refractivity contribution >= 4 is 17.7 Å². The lowest BCUT2D eigenvalue weighted by Crippen LogP contribution is -1.97. The second-order valence-electron chi connectivity index (χ2n) is 2.31. The van der Waals surface area contributed by atoms with Crippen LogP contribution in [0.5, 0.6) is 0 Å². The van der Waals surface area contributed by atoms with Crippen LogP contribution in [0, 0.1) is 0 Å². The third-order valence-electron chi connectivity index (χ3n) is 1.39. The normalized spacial score (nSPS) is 10.0. The van der Waals surface area contributed by atoms with Gasteiger partial charge in [0.25, 0.3) is 0 Å². The zero-order valence-electron chi connectivity index (χ0n) is 7.78. The number of nitrogens with zero attached hydrogens (tertiary/aromatic N) is 2. The highest BCUT2D eigenvalue weighted by Crippen LogP contribution is 2.14. The van der Waals surface area contributed by atoms with Crippen molar-refractivity contribution in [2.24, 2.45) is 0 Å². The number of thioether (sulfide) groups is 1. The molecule has 1 heterocycles. The summed E-state index contributed by atoms with van der Waals surface area (Å²) in [6.07, 6.45) is 1.74. The first-order chi connectivity index (χ1) is 6.36. The summed E-state index contributed by atoms with van der Waals surface area (Å²) in [5.74, 6) is 1.57. The van der Waals surface area contributed by atoms with Crippen LogP contribution in [0.1, 0.15) is 0 Å². The molecule has 0 unspecified atom stereocenters. The Kier molecular flexibility index (Phi) is 4.56. The maximum atomic E-state index is 4.94. The highest BCUT2D eigenvalue weighted by molar-refractivity contribution is 7.99. The summed E-state index contributed by atoms with van der Waals surface area (Å²) in [6.45, 7) is 0.740. The topological polar surface area (TPSA) is 47.0 Å². The molecule has 0 aliphatic carbocycles. The minimum Gasteiger partial charge on any atom is -0.384 e. The summed E-state index contributed by atoms with van der Waals surface area (Å²) in [5, 5.41) is 3.86. The maximum Gasteiger partial charge on any atom is 0.223 e. The molecule has 5 heteroatoms. The van der Waals surface area contributed by atoms with E-state index in [0.29, 0.717) is 5.95 Å². The predicted molar refractivity (Wildman–Crippen MR) is 54.2 cm³/mol. The fraction of sp³-hybridized carbons (Fsp3) is 0.500. The van der Waals surface area contributed by atoms with Gasteiger partial charge < -0.3 is 10.1 Å². The Labute approximate surface area is 82.1 Å². The van der Waals surface area contributed by atoms with Crippen LogP contribution >= 0.6 is 11.8 Å². The summed E-state index contributed by atoms with van der Waals surface area (Å²) in [4.78, 5) is 8.27. The molecular formula is C8H13N3OS. The molecular weight excluding hydrogens is 186 g/mol. The van der Waals surface area contributed by atoms with E-state index < -0.39 is 0 Å². The number of nitrogens with one attached hydrogen (secondary N) is 1. The van der Waals surface area contributed by atoms with Crippen molar-refractivity contribution in [3.05, 3.63) is 12.3 Å². The quantitative estimate of drug-likeness (QED) is 0.439. The average Bonchev–Trinajstić information content (AvgIpc) is 2.19. The second kappa shape index (κ2) is 5.77. The molecule has 0 spiro atoms. The summed E-state index contributed by atoms with van der Waals surface area (Å²) < 4.78 is 4.94. The fourth-order valence-electron chi connectivity index (χ4n) is 0.773. The van der Waals surface area contributed by atoms with Gasteiger partial charge in [0.05, 0.1) is 6.61 Å². The zero-order valence-corrected chi connectivity index (χ0v) is 8.60. The molecule has 1 N–H and O–H groups in total. The van der Waals surface area contributed by atoms with Crippen LogP contribution in [0.15, 0.2) is 17.3 Å². The van der Waals surface area contributed by atoms with E-state index in [0.717, 1.165) is 17.4 Å². The van der Waals surface area contributed by atoms with E-state index in [4.69, 9.17) is 4.74 Å². The van der Waals surface area contributed by atoms with Crippen LogP contribution in [0.3, 0.4) is 0 Å². The molecule has 0 aromatic carbocycles. The van der Waals surface area contributed by atoms with Gasteiger partial charge >= 0.3 is 0 Å².